The first-order chi connectivity index (χ1) is 15.8. The summed E-state index contributed by atoms with van der Waals surface area (Å²) >= 11 is 0. The number of likely N-dealkylation sites (tertiary alicyclic amines) is 1. The van der Waals surface area contributed by atoms with Gasteiger partial charge in [-0.05, 0) is 74.4 Å². The molecule has 0 bridgehead atoms. The second kappa shape index (κ2) is 9.73. The Balaban J connectivity index is 1.52. The van der Waals surface area contributed by atoms with Crippen LogP contribution in [0.15, 0.2) is 47.4 Å². The van der Waals surface area contributed by atoms with E-state index in [9.17, 15) is 18.3 Å². The van der Waals surface area contributed by atoms with Crippen LogP contribution in [0.25, 0.3) is 0 Å². The number of nitrogens with zero attached hydrogens (tertiary/aromatic N) is 2. The third-order valence-electron chi connectivity index (χ3n) is 6.89. The fourth-order valence-electron chi connectivity index (χ4n) is 4.91. The third kappa shape index (κ3) is 4.87. The van der Waals surface area contributed by atoms with Crippen molar-refractivity contribution in [2.75, 3.05) is 26.7 Å². The summed E-state index contributed by atoms with van der Waals surface area (Å²) in [6.45, 7) is 3.61. The number of rotatable bonds is 5. The number of sulfonamides is 1. The van der Waals surface area contributed by atoms with Gasteiger partial charge in [0.1, 0.15) is 16.4 Å². The topological polar surface area (TPSA) is 87.1 Å². The lowest BCUT2D eigenvalue weighted by Gasteiger charge is -2.33. The van der Waals surface area contributed by atoms with Crippen molar-refractivity contribution in [3.63, 3.8) is 0 Å². The molecule has 0 radical (unpaired) electrons. The van der Waals surface area contributed by atoms with E-state index in [2.05, 4.69) is 0 Å². The van der Waals surface area contributed by atoms with Gasteiger partial charge in [-0.2, -0.15) is 4.31 Å². The summed E-state index contributed by atoms with van der Waals surface area (Å²) in [5.74, 6) is 0.679. The molecular formula is C25H32N2O5S. The molecule has 2 fully saturated rings. The number of methoxy groups -OCH3 is 1. The van der Waals surface area contributed by atoms with Crippen molar-refractivity contribution in [3.8, 4) is 11.5 Å². The van der Waals surface area contributed by atoms with E-state index in [-0.39, 0.29) is 28.3 Å². The van der Waals surface area contributed by atoms with E-state index < -0.39 is 10.0 Å². The molecule has 1 amide bonds. The number of ether oxygens (including phenoxy) is 1. The van der Waals surface area contributed by atoms with E-state index in [0.717, 1.165) is 37.7 Å². The molecule has 1 unspecified atom stereocenters. The number of carbonyl (C=O) groups is 1. The molecule has 33 heavy (non-hydrogen) atoms. The average molecular weight is 473 g/mol. The zero-order valence-corrected chi connectivity index (χ0v) is 20.1. The molecular weight excluding hydrogens is 440 g/mol. The predicted molar refractivity (Wildman–Crippen MR) is 126 cm³/mol. The van der Waals surface area contributed by atoms with Crippen molar-refractivity contribution in [3.05, 3.63) is 53.6 Å². The van der Waals surface area contributed by atoms with E-state index in [1.807, 2.05) is 19.1 Å². The Bertz CT molecular complexity index is 1090. The minimum absolute atomic E-state index is 0.0589. The second-order valence-electron chi connectivity index (χ2n) is 8.98. The number of piperidine rings is 2. The van der Waals surface area contributed by atoms with Gasteiger partial charge in [0.15, 0.2) is 0 Å². The van der Waals surface area contributed by atoms with Crippen LogP contribution in [0.5, 0.6) is 11.5 Å². The maximum absolute atomic E-state index is 13.5. The fourth-order valence-corrected chi connectivity index (χ4v) is 6.79. The van der Waals surface area contributed by atoms with Gasteiger partial charge in [-0.25, -0.2) is 8.42 Å². The molecule has 2 heterocycles. The van der Waals surface area contributed by atoms with Crippen LogP contribution in [0.3, 0.4) is 0 Å². The van der Waals surface area contributed by atoms with E-state index >= 15 is 0 Å². The first-order valence-corrected chi connectivity index (χ1v) is 13.0. The molecule has 2 aliphatic heterocycles. The highest BCUT2D eigenvalue weighted by Crippen LogP contribution is 2.33. The van der Waals surface area contributed by atoms with Crippen LogP contribution in [0.4, 0.5) is 0 Å². The zero-order valence-electron chi connectivity index (χ0n) is 19.2. The normalized spacial score (nSPS) is 20.5. The maximum atomic E-state index is 13.5. The Morgan fingerprint density at radius 1 is 1.00 bits per heavy atom. The molecule has 1 atom stereocenters. The summed E-state index contributed by atoms with van der Waals surface area (Å²) in [7, 11) is -2.32. The van der Waals surface area contributed by atoms with Crippen LogP contribution in [-0.4, -0.2) is 61.4 Å². The number of amides is 1. The molecule has 2 aliphatic rings. The Morgan fingerprint density at radius 3 is 2.33 bits per heavy atom. The fraction of sp³-hybridized carbons (Fsp3) is 0.480. The lowest BCUT2D eigenvalue weighted by molar-refractivity contribution is 0.0712. The minimum atomic E-state index is -3.77. The number of carbonyl (C=O) groups excluding carboxylic acids is 1. The van der Waals surface area contributed by atoms with Crippen LogP contribution in [0, 0.1) is 0 Å². The third-order valence-corrected chi connectivity index (χ3v) is 8.92. The Kier molecular flexibility index (Phi) is 6.95. The molecule has 7 nitrogen and oxygen atoms in total. The second-order valence-corrected chi connectivity index (χ2v) is 10.8. The highest BCUT2D eigenvalue weighted by molar-refractivity contribution is 7.89. The van der Waals surface area contributed by atoms with Gasteiger partial charge >= 0.3 is 0 Å². The number of phenols is 1. The maximum Gasteiger partial charge on any atom is 0.253 e. The minimum Gasteiger partial charge on any atom is -0.508 e. The zero-order chi connectivity index (χ0) is 23.6. The molecule has 2 aromatic carbocycles. The Morgan fingerprint density at radius 2 is 1.70 bits per heavy atom. The van der Waals surface area contributed by atoms with Crippen LogP contribution in [0.2, 0.25) is 0 Å². The number of aromatic hydroxyl groups is 1. The monoisotopic (exact) mass is 472 g/mol. The van der Waals surface area contributed by atoms with Crippen molar-refractivity contribution < 1.29 is 23.1 Å². The molecule has 2 saturated heterocycles. The summed E-state index contributed by atoms with van der Waals surface area (Å²) in [6.07, 6.45) is 4.33. The van der Waals surface area contributed by atoms with Crippen LogP contribution >= 0.6 is 0 Å². The predicted octanol–water partition coefficient (Wildman–Crippen LogP) is 3.98. The number of benzene rings is 2. The molecule has 0 saturated carbocycles. The molecule has 0 aliphatic carbocycles. The van der Waals surface area contributed by atoms with E-state index in [1.54, 1.807) is 29.2 Å². The van der Waals surface area contributed by atoms with Crippen molar-refractivity contribution in [1.29, 1.82) is 0 Å². The molecule has 178 valence electrons. The van der Waals surface area contributed by atoms with Crippen molar-refractivity contribution >= 4 is 15.9 Å². The quantitative estimate of drug-likeness (QED) is 0.711. The molecule has 0 aromatic heterocycles. The molecule has 1 N–H and O–H groups in total. The van der Waals surface area contributed by atoms with E-state index in [1.165, 1.54) is 17.5 Å². The van der Waals surface area contributed by atoms with Gasteiger partial charge in [0.2, 0.25) is 10.0 Å². The van der Waals surface area contributed by atoms with Gasteiger partial charge in [0.05, 0.1) is 7.11 Å². The first kappa shape index (κ1) is 23.6. The lowest BCUT2D eigenvalue weighted by atomic mass is 9.89. The first-order valence-electron chi connectivity index (χ1n) is 11.6. The largest absolute Gasteiger partial charge is 0.508 e. The molecule has 8 heteroatoms. The molecule has 4 rings (SSSR count). The molecule has 0 spiro atoms. The van der Waals surface area contributed by atoms with Crippen molar-refractivity contribution in [2.24, 2.45) is 0 Å². The molecule has 2 aromatic rings. The summed E-state index contributed by atoms with van der Waals surface area (Å²) in [5.41, 5.74) is 1.52. The lowest BCUT2D eigenvalue weighted by Crippen LogP contribution is -2.42. The van der Waals surface area contributed by atoms with Crippen molar-refractivity contribution in [2.45, 2.75) is 55.9 Å². The number of phenolic OH excluding ortho intramolecular Hbond substituents is 1. The highest BCUT2D eigenvalue weighted by Gasteiger charge is 2.34. The number of hydrogen-bond donors (Lipinski definition) is 1. The smallest absolute Gasteiger partial charge is 0.253 e. The van der Waals surface area contributed by atoms with Gasteiger partial charge in [-0.3, -0.25) is 4.79 Å². The van der Waals surface area contributed by atoms with E-state index in [0.29, 0.717) is 31.1 Å². The summed E-state index contributed by atoms with van der Waals surface area (Å²) < 4.78 is 33.8. The van der Waals surface area contributed by atoms with E-state index in [4.69, 9.17) is 4.74 Å². The van der Waals surface area contributed by atoms with Gasteiger partial charge in [-0.1, -0.05) is 18.6 Å². The van der Waals surface area contributed by atoms with Gasteiger partial charge < -0.3 is 14.7 Å². The number of hydrogen-bond acceptors (Lipinski definition) is 5. The van der Waals surface area contributed by atoms with Crippen LogP contribution < -0.4 is 4.74 Å². The van der Waals surface area contributed by atoms with Crippen molar-refractivity contribution in [1.82, 2.24) is 9.21 Å². The van der Waals surface area contributed by atoms with Gasteiger partial charge in [-0.15, -0.1) is 0 Å². The van der Waals surface area contributed by atoms with Gasteiger partial charge in [0, 0.05) is 31.2 Å². The van der Waals surface area contributed by atoms with Crippen LogP contribution in [0.1, 0.15) is 60.9 Å². The summed E-state index contributed by atoms with van der Waals surface area (Å²) in [4.78, 5) is 15.1. The van der Waals surface area contributed by atoms with Gasteiger partial charge in [0.25, 0.3) is 5.91 Å². The Hall–Kier alpha value is -2.58. The average Bonchev–Trinajstić information content (AvgIpc) is 2.84. The Labute approximate surface area is 196 Å². The van der Waals surface area contributed by atoms with Crippen LogP contribution in [-0.2, 0) is 10.0 Å². The standard InChI is InChI=1S/C25H32N2O5S/c1-18-5-3-4-14-27(18)33(30,31)24-17-21(8-11-23(24)32-2)25(29)26-15-12-20(13-16-26)19-6-9-22(28)10-7-19/h6-11,17-18,20,28H,3-5,12-16H2,1-2H3. The highest BCUT2D eigenvalue weighted by atomic mass is 32.2. The summed E-state index contributed by atoms with van der Waals surface area (Å²) in [6, 6.07) is 11.9. The summed E-state index contributed by atoms with van der Waals surface area (Å²) in [5, 5.41) is 9.50. The SMILES string of the molecule is COc1ccc(C(=O)N2CCC(c3ccc(O)cc3)CC2)cc1S(=O)(=O)N1CCCCC1C.